The van der Waals surface area contributed by atoms with E-state index in [1.165, 1.54) is 42.8 Å². The largest absolute Gasteiger partial charge is 0.374 e. The average molecular weight is 434 g/mol. The Morgan fingerprint density at radius 1 is 1.14 bits per heavy atom. The van der Waals surface area contributed by atoms with Crippen molar-refractivity contribution >= 4 is 46.1 Å². The van der Waals surface area contributed by atoms with Gasteiger partial charge in [0.2, 0.25) is 0 Å². The average Bonchev–Trinajstić information content (AvgIpc) is 2.87. The summed E-state index contributed by atoms with van der Waals surface area (Å²) < 4.78 is 7.83. The summed E-state index contributed by atoms with van der Waals surface area (Å²) in [6.45, 7) is 0. The SMILES string of the molecule is I[C@H]1C[C@@H](CC2SCCCS2)O[C@@H]1CCc1ccccc1. The van der Waals surface area contributed by atoms with Crippen LogP contribution in [0, 0.1) is 0 Å². The molecule has 2 fully saturated rings. The molecule has 1 aromatic rings. The Morgan fingerprint density at radius 2 is 1.90 bits per heavy atom. The summed E-state index contributed by atoms with van der Waals surface area (Å²) in [4.78, 5) is 0. The van der Waals surface area contributed by atoms with Gasteiger partial charge >= 0.3 is 0 Å². The van der Waals surface area contributed by atoms with Crippen molar-refractivity contribution in [3.8, 4) is 0 Å². The number of hydrogen-bond acceptors (Lipinski definition) is 3. The van der Waals surface area contributed by atoms with Gasteiger partial charge in [-0.15, -0.1) is 23.5 Å². The Labute approximate surface area is 150 Å². The highest BCUT2D eigenvalue weighted by atomic mass is 127. The lowest BCUT2D eigenvalue weighted by molar-refractivity contribution is 0.0406. The monoisotopic (exact) mass is 434 g/mol. The zero-order valence-electron chi connectivity index (χ0n) is 12.2. The maximum Gasteiger partial charge on any atom is 0.0700 e. The Bertz CT molecular complexity index is 422. The van der Waals surface area contributed by atoms with E-state index in [0.717, 1.165) is 11.0 Å². The van der Waals surface area contributed by atoms with E-state index in [-0.39, 0.29) is 0 Å². The number of thioether (sulfide) groups is 2. The van der Waals surface area contributed by atoms with E-state index in [1.54, 1.807) is 0 Å². The highest BCUT2D eigenvalue weighted by Crippen LogP contribution is 2.39. The minimum atomic E-state index is 0.453. The normalized spacial score (nSPS) is 30.6. The molecule has 1 aromatic carbocycles. The first-order chi connectivity index (χ1) is 10.3. The maximum atomic E-state index is 6.36. The number of halogens is 1. The smallest absolute Gasteiger partial charge is 0.0700 e. The summed E-state index contributed by atoms with van der Waals surface area (Å²) in [6.07, 6.45) is 7.13. The van der Waals surface area contributed by atoms with Crippen molar-refractivity contribution < 1.29 is 4.74 Å². The van der Waals surface area contributed by atoms with Crippen LogP contribution in [0.25, 0.3) is 0 Å². The Hall–Kier alpha value is 0.610. The molecule has 2 heterocycles. The highest BCUT2D eigenvalue weighted by Gasteiger charge is 2.34. The number of benzene rings is 1. The number of ether oxygens (including phenoxy) is 1. The van der Waals surface area contributed by atoms with Gasteiger partial charge in [-0.2, -0.15) is 0 Å². The fourth-order valence-corrected chi connectivity index (χ4v) is 7.12. The van der Waals surface area contributed by atoms with E-state index >= 15 is 0 Å². The van der Waals surface area contributed by atoms with Gasteiger partial charge in [0.15, 0.2) is 0 Å². The van der Waals surface area contributed by atoms with E-state index < -0.39 is 0 Å². The predicted octanol–water partition coefficient (Wildman–Crippen LogP) is 5.17. The van der Waals surface area contributed by atoms with Crippen molar-refractivity contribution in [3.05, 3.63) is 35.9 Å². The van der Waals surface area contributed by atoms with Crippen LogP contribution in [-0.4, -0.2) is 32.2 Å². The molecule has 3 atom stereocenters. The van der Waals surface area contributed by atoms with Gasteiger partial charge in [-0.25, -0.2) is 0 Å². The van der Waals surface area contributed by atoms with Crippen LogP contribution in [0.5, 0.6) is 0 Å². The molecule has 0 saturated carbocycles. The Morgan fingerprint density at radius 3 is 2.67 bits per heavy atom. The molecule has 0 bridgehead atoms. The van der Waals surface area contributed by atoms with Crippen LogP contribution in [0.3, 0.4) is 0 Å². The van der Waals surface area contributed by atoms with E-state index in [4.69, 9.17) is 4.74 Å². The molecule has 0 unspecified atom stereocenters. The molecule has 2 aliphatic rings. The maximum absolute atomic E-state index is 6.36. The first-order valence-corrected chi connectivity index (χ1v) is 11.2. The fourth-order valence-electron chi connectivity index (χ4n) is 3.03. The van der Waals surface area contributed by atoms with Crippen LogP contribution >= 0.6 is 46.1 Å². The van der Waals surface area contributed by atoms with Gasteiger partial charge in [-0.1, -0.05) is 52.9 Å². The number of alkyl halides is 1. The summed E-state index contributed by atoms with van der Waals surface area (Å²) in [6, 6.07) is 10.8. The third-order valence-electron chi connectivity index (χ3n) is 4.17. The Kier molecular flexibility index (Phi) is 6.63. The molecular weight excluding hydrogens is 411 g/mol. The molecule has 0 N–H and O–H groups in total. The molecule has 0 aliphatic carbocycles. The van der Waals surface area contributed by atoms with Gasteiger partial charge < -0.3 is 4.74 Å². The fraction of sp³-hybridized carbons (Fsp3) is 0.647. The molecule has 1 nitrogen and oxygen atoms in total. The van der Waals surface area contributed by atoms with Gasteiger partial charge in [0.25, 0.3) is 0 Å². The van der Waals surface area contributed by atoms with Crippen LogP contribution in [-0.2, 0) is 11.2 Å². The lowest BCUT2D eigenvalue weighted by Gasteiger charge is -2.23. The molecule has 3 rings (SSSR count). The number of aryl methyl sites for hydroxylation is 1. The second-order valence-electron chi connectivity index (χ2n) is 5.83. The van der Waals surface area contributed by atoms with Crippen LogP contribution < -0.4 is 0 Å². The van der Waals surface area contributed by atoms with Crippen molar-refractivity contribution in [2.24, 2.45) is 0 Å². The van der Waals surface area contributed by atoms with Crippen molar-refractivity contribution in [2.45, 2.75) is 52.8 Å². The molecule has 2 aliphatic heterocycles. The predicted molar refractivity (Wildman–Crippen MR) is 104 cm³/mol. The van der Waals surface area contributed by atoms with Gasteiger partial charge in [-0.3, -0.25) is 0 Å². The highest BCUT2D eigenvalue weighted by molar-refractivity contribution is 14.1. The molecular formula is C17H23IOS2. The third kappa shape index (κ3) is 5.05. The molecule has 0 amide bonds. The topological polar surface area (TPSA) is 9.23 Å². The number of hydrogen-bond donors (Lipinski definition) is 0. The summed E-state index contributed by atoms with van der Waals surface area (Å²) in [5.41, 5.74) is 1.44. The van der Waals surface area contributed by atoms with Gasteiger partial charge in [0, 0.05) is 3.92 Å². The number of rotatable bonds is 5. The summed E-state index contributed by atoms with van der Waals surface area (Å²) in [5.74, 6) is 2.69. The minimum absolute atomic E-state index is 0.453. The molecule has 0 radical (unpaired) electrons. The second-order valence-corrected chi connectivity index (χ2v) is 10.4. The van der Waals surface area contributed by atoms with Crippen LogP contribution in [0.15, 0.2) is 30.3 Å². The summed E-state index contributed by atoms with van der Waals surface area (Å²) >= 11 is 6.89. The molecule has 116 valence electrons. The van der Waals surface area contributed by atoms with Crippen molar-refractivity contribution in [1.82, 2.24) is 0 Å². The lowest BCUT2D eigenvalue weighted by Crippen LogP contribution is -2.19. The summed E-state index contributed by atoms with van der Waals surface area (Å²) in [5, 5.41) is 0. The molecule has 21 heavy (non-hydrogen) atoms. The van der Waals surface area contributed by atoms with Crippen LogP contribution in [0.2, 0.25) is 0 Å². The standard InChI is InChI=1S/C17H23IOS2/c18-15-11-14(12-17-20-9-4-10-21-17)19-16(15)8-7-13-5-2-1-3-6-13/h1-3,5-6,14-17H,4,7-12H2/t14-,15-,16+/m0/s1. The van der Waals surface area contributed by atoms with E-state index in [9.17, 15) is 0 Å². The summed E-state index contributed by atoms with van der Waals surface area (Å²) in [7, 11) is 0. The van der Waals surface area contributed by atoms with E-state index in [0.29, 0.717) is 16.1 Å². The van der Waals surface area contributed by atoms with E-state index in [1.807, 2.05) is 0 Å². The molecule has 4 heteroatoms. The Balaban J connectivity index is 1.44. The van der Waals surface area contributed by atoms with Crippen molar-refractivity contribution in [2.75, 3.05) is 11.5 Å². The van der Waals surface area contributed by atoms with Crippen molar-refractivity contribution in [3.63, 3.8) is 0 Å². The quantitative estimate of drug-likeness (QED) is 0.468. The molecule has 0 spiro atoms. The molecule has 0 aromatic heterocycles. The minimum Gasteiger partial charge on any atom is -0.374 e. The third-order valence-corrected chi connectivity index (χ3v) is 8.47. The van der Waals surface area contributed by atoms with Crippen LogP contribution in [0.4, 0.5) is 0 Å². The second kappa shape index (κ2) is 8.46. The zero-order valence-corrected chi connectivity index (χ0v) is 16.0. The van der Waals surface area contributed by atoms with Gasteiger partial charge in [0.1, 0.15) is 0 Å². The first-order valence-electron chi connectivity index (χ1n) is 7.88. The first kappa shape index (κ1) is 16.5. The van der Waals surface area contributed by atoms with Crippen molar-refractivity contribution in [1.29, 1.82) is 0 Å². The lowest BCUT2D eigenvalue weighted by atomic mass is 10.0. The van der Waals surface area contributed by atoms with Gasteiger partial charge in [0.05, 0.1) is 16.8 Å². The van der Waals surface area contributed by atoms with E-state index in [2.05, 4.69) is 76.4 Å². The van der Waals surface area contributed by atoms with Gasteiger partial charge in [-0.05, 0) is 49.2 Å². The zero-order chi connectivity index (χ0) is 14.5. The van der Waals surface area contributed by atoms with Crippen LogP contribution in [0.1, 0.15) is 31.2 Å². The molecule has 2 saturated heterocycles.